The molecule has 1 rings (SSSR count). The van der Waals surface area contributed by atoms with Crippen LogP contribution in [0.5, 0.6) is 0 Å². The summed E-state index contributed by atoms with van der Waals surface area (Å²) < 4.78 is 16.7. The van der Waals surface area contributed by atoms with Gasteiger partial charge in [0.05, 0.1) is 0 Å². The fourth-order valence-corrected chi connectivity index (χ4v) is 3.07. The maximum absolute atomic E-state index is 12.2. The van der Waals surface area contributed by atoms with Crippen molar-refractivity contribution in [3.63, 3.8) is 0 Å². The predicted molar refractivity (Wildman–Crippen MR) is 77.5 cm³/mol. The summed E-state index contributed by atoms with van der Waals surface area (Å²) in [6.07, 6.45) is 2.03. The van der Waals surface area contributed by atoms with Gasteiger partial charge in [-0.05, 0) is 25.2 Å². The Labute approximate surface area is 119 Å². The lowest BCUT2D eigenvalue weighted by Gasteiger charge is -2.03. The first kappa shape index (κ1) is 17.2. The highest BCUT2D eigenvalue weighted by Gasteiger charge is 2.32. The van der Waals surface area contributed by atoms with Gasteiger partial charge in [-0.15, -0.1) is 0 Å². The maximum Gasteiger partial charge on any atom is 0.391 e. The molecule has 20 heavy (non-hydrogen) atoms. The van der Waals surface area contributed by atoms with Gasteiger partial charge in [0, 0.05) is 17.5 Å². The molecule has 114 valence electrons. The summed E-state index contributed by atoms with van der Waals surface area (Å²) in [6.45, 7) is 7.70. The van der Waals surface area contributed by atoms with Gasteiger partial charge in [0.15, 0.2) is 11.5 Å². The standard InChI is InChI=1S/C14H23O5P/c1-5-10-11(6-2)14(20(16,17)18)19-13(10)12(15)8-7-9(3)4/h9H,5-8H2,1-4H3,(H2,16,17,18). The molecule has 5 nitrogen and oxygen atoms in total. The van der Waals surface area contributed by atoms with E-state index in [0.717, 1.165) is 6.42 Å². The number of carbonyl (C=O) groups is 1. The number of Topliss-reactive ketones (excluding diaryl/α,β-unsaturated/α-hetero) is 1. The molecule has 0 bridgehead atoms. The minimum Gasteiger partial charge on any atom is -0.444 e. The summed E-state index contributed by atoms with van der Waals surface area (Å²) in [4.78, 5) is 30.9. The highest BCUT2D eigenvalue weighted by molar-refractivity contribution is 7.59. The van der Waals surface area contributed by atoms with E-state index < -0.39 is 7.60 Å². The lowest BCUT2D eigenvalue weighted by Crippen LogP contribution is -2.07. The summed E-state index contributed by atoms with van der Waals surface area (Å²) in [5.74, 6) is 0.346. The molecule has 0 saturated carbocycles. The third-order valence-electron chi connectivity index (χ3n) is 3.27. The number of rotatable bonds is 7. The first-order valence-corrected chi connectivity index (χ1v) is 8.57. The molecule has 6 heteroatoms. The van der Waals surface area contributed by atoms with Gasteiger partial charge in [0.1, 0.15) is 0 Å². The number of carbonyl (C=O) groups excluding carboxylic acids is 1. The first-order chi connectivity index (χ1) is 9.22. The van der Waals surface area contributed by atoms with Gasteiger partial charge in [-0.3, -0.25) is 9.36 Å². The van der Waals surface area contributed by atoms with E-state index in [1.54, 1.807) is 6.92 Å². The summed E-state index contributed by atoms with van der Waals surface area (Å²) in [5, 5.41) is 0. The Hall–Kier alpha value is -0.900. The molecule has 0 unspecified atom stereocenters. The van der Waals surface area contributed by atoms with E-state index in [9.17, 15) is 19.1 Å². The van der Waals surface area contributed by atoms with Crippen LogP contribution in [0, 0.1) is 5.92 Å². The first-order valence-electron chi connectivity index (χ1n) is 6.96. The van der Waals surface area contributed by atoms with Gasteiger partial charge in [-0.2, -0.15) is 0 Å². The summed E-state index contributed by atoms with van der Waals surface area (Å²) in [6, 6.07) is 0. The van der Waals surface area contributed by atoms with Gasteiger partial charge < -0.3 is 14.2 Å². The molecule has 1 aromatic heterocycles. The minimum atomic E-state index is -4.49. The lowest BCUT2D eigenvalue weighted by atomic mass is 10.00. The molecule has 0 fully saturated rings. The van der Waals surface area contributed by atoms with Crippen LogP contribution in [0.3, 0.4) is 0 Å². The van der Waals surface area contributed by atoms with Crippen molar-refractivity contribution in [3.8, 4) is 0 Å². The van der Waals surface area contributed by atoms with E-state index in [2.05, 4.69) is 0 Å². The average molecular weight is 302 g/mol. The Balaban J connectivity index is 3.23. The average Bonchev–Trinajstić information content (AvgIpc) is 2.73. The molecule has 0 spiro atoms. The van der Waals surface area contributed by atoms with Gasteiger partial charge in [-0.25, -0.2) is 0 Å². The van der Waals surface area contributed by atoms with Gasteiger partial charge >= 0.3 is 7.60 Å². The van der Waals surface area contributed by atoms with Crippen molar-refractivity contribution in [2.45, 2.75) is 53.4 Å². The normalized spacial score (nSPS) is 12.2. The molecule has 0 atom stereocenters. The van der Waals surface area contributed by atoms with E-state index in [4.69, 9.17) is 4.42 Å². The van der Waals surface area contributed by atoms with Crippen molar-refractivity contribution in [2.24, 2.45) is 5.92 Å². The molecule has 0 aliphatic carbocycles. The van der Waals surface area contributed by atoms with Crippen molar-refractivity contribution < 1.29 is 23.6 Å². The third-order valence-corrected chi connectivity index (χ3v) is 4.16. The zero-order valence-corrected chi connectivity index (χ0v) is 13.4. The predicted octanol–water partition coefficient (Wildman–Crippen LogP) is 2.83. The molecule has 0 aliphatic heterocycles. The molecule has 0 aliphatic rings. The van der Waals surface area contributed by atoms with E-state index >= 15 is 0 Å². The van der Waals surface area contributed by atoms with Gasteiger partial charge in [-0.1, -0.05) is 27.7 Å². The SMILES string of the molecule is CCc1c(C(=O)CCC(C)C)oc(P(=O)(O)O)c1CC. The van der Waals surface area contributed by atoms with Crippen LogP contribution >= 0.6 is 7.60 Å². The zero-order chi connectivity index (χ0) is 15.5. The zero-order valence-electron chi connectivity index (χ0n) is 12.5. The fraction of sp³-hybridized carbons (Fsp3) is 0.643. The van der Waals surface area contributed by atoms with Crippen molar-refractivity contribution in [2.75, 3.05) is 0 Å². The van der Waals surface area contributed by atoms with Crippen LogP contribution in [0.1, 0.15) is 62.2 Å². The fourth-order valence-electron chi connectivity index (χ4n) is 2.22. The second-order valence-electron chi connectivity index (χ2n) is 5.30. The molecule has 2 N–H and O–H groups in total. The second kappa shape index (κ2) is 6.70. The van der Waals surface area contributed by atoms with Crippen LogP contribution in [0.4, 0.5) is 0 Å². The Morgan fingerprint density at radius 1 is 1.20 bits per heavy atom. The molecule has 0 amide bonds. The van der Waals surface area contributed by atoms with E-state index in [0.29, 0.717) is 36.3 Å². The summed E-state index contributed by atoms with van der Waals surface area (Å²) in [5.41, 5.74) is 0.776. The van der Waals surface area contributed by atoms with Crippen molar-refractivity contribution in [1.29, 1.82) is 0 Å². The molecular weight excluding hydrogens is 279 g/mol. The van der Waals surface area contributed by atoms with Gasteiger partial charge in [0.2, 0.25) is 5.50 Å². The molecular formula is C14H23O5P. The van der Waals surface area contributed by atoms with Crippen LogP contribution in [0.2, 0.25) is 0 Å². The third kappa shape index (κ3) is 3.81. The van der Waals surface area contributed by atoms with Crippen LogP contribution in [0.15, 0.2) is 4.42 Å². The number of furan rings is 1. The topological polar surface area (TPSA) is 87.7 Å². The Bertz CT molecular complexity index is 524. The maximum atomic E-state index is 12.2. The highest BCUT2D eigenvalue weighted by atomic mass is 31.2. The smallest absolute Gasteiger partial charge is 0.391 e. The molecule has 0 aromatic carbocycles. The largest absolute Gasteiger partial charge is 0.444 e. The van der Waals surface area contributed by atoms with E-state index in [1.807, 2.05) is 20.8 Å². The van der Waals surface area contributed by atoms with Crippen LogP contribution < -0.4 is 5.50 Å². The minimum absolute atomic E-state index is 0.128. The molecule has 1 heterocycles. The van der Waals surface area contributed by atoms with E-state index in [-0.39, 0.29) is 17.0 Å². The number of ketones is 1. The van der Waals surface area contributed by atoms with Gasteiger partial charge in [0.25, 0.3) is 0 Å². The van der Waals surface area contributed by atoms with E-state index in [1.165, 1.54) is 0 Å². The molecule has 0 radical (unpaired) electrons. The summed E-state index contributed by atoms with van der Waals surface area (Å²) >= 11 is 0. The van der Waals surface area contributed by atoms with Crippen molar-refractivity contribution in [1.82, 2.24) is 0 Å². The summed E-state index contributed by atoms with van der Waals surface area (Å²) in [7, 11) is -4.49. The second-order valence-corrected chi connectivity index (χ2v) is 6.79. The van der Waals surface area contributed by atoms with Crippen LogP contribution in [-0.4, -0.2) is 15.6 Å². The monoisotopic (exact) mass is 302 g/mol. The van der Waals surface area contributed by atoms with Crippen LogP contribution in [-0.2, 0) is 17.4 Å². The van der Waals surface area contributed by atoms with Crippen molar-refractivity contribution in [3.05, 3.63) is 16.9 Å². The Morgan fingerprint density at radius 3 is 2.15 bits per heavy atom. The molecule has 1 aromatic rings. The number of hydrogen-bond donors (Lipinski definition) is 2. The van der Waals surface area contributed by atoms with Crippen molar-refractivity contribution >= 4 is 18.9 Å². The number of hydrogen-bond acceptors (Lipinski definition) is 3. The lowest BCUT2D eigenvalue weighted by molar-refractivity contribution is 0.0948. The molecule has 0 saturated heterocycles. The Kier molecular flexibility index (Phi) is 5.75. The highest BCUT2D eigenvalue weighted by Crippen LogP contribution is 2.38. The Morgan fingerprint density at radius 2 is 1.75 bits per heavy atom. The quantitative estimate of drug-likeness (QED) is 0.597. The van der Waals surface area contributed by atoms with Crippen LogP contribution in [0.25, 0.3) is 0 Å².